The fraction of sp³-hybridized carbons (Fsp3) is 0.786. The first kappa shape index (κ1) is 11.1. The molecule has 2 aliphatic rings. The number of aryl methyl sites for hydroxylation is 1. The van der Waals surface area contributed by atoms with E-state index in [0.717, 1.165) is 24.1 Å². The summed E-state index contributed by atoms with van der Waals surface area (Å²) in [4.78, 5) is 4.64. The highest BCUT2D eigenvalue weighted by Gasteiger charge is 2.21. The predicted molar refractivity (Wildman–Crippen MR) is 70.2 cm³/mol. The average molecular weight is 233 g/mol. The second-order valence-electron chi connectivity index (χ2n) is 5.78. The first-order valence-corrected chi connectivity index (χ1v) is 7.11. The summed E-state index contributed by atoms with van der Waals surface area (Å²) in [5.74, 6) is 2.01. The minimum absolute atomic E-state index is 0.664. The summed E-state index contributed by atoms with van der Waals surface area (Å²) in [7, 11) is 0. The minimum atomic E-state index is 0.664. The molecule has 3 nitrogen and oxygen atoms in total. The Bertz CT molecular complexity index is 373. The van der Waals surface area contributed by atoms with Gasteiger partial charge in [0.2, 0.25) is 5.95 Å². The molecule has 0 saturated heterocycles. The van der Waals surface area contributed by atoms with Crippen molar-refractivity contribution in [1.29, 1.82) is 0 Å². The smallest absolute Gasteiger partial charge is 0.203 e. The zero-order valence-electron chi connectivity index (χ0n) is 10.8. The fourth-order valence-electron chi connectivity index (χ4n) is 3.01. The van der Waals surface area contributed by atoms with Crippen molar-refractivity contribution in [3.8, 4) is 0 Å². The normalized spacial score (nSPS) is 21.7. The molecule has 1 aromatic rings. The molecule has 1 N–H and O–H groups in total. The van der Waals surface area contributed by atoms with Crippen molar-refractivity contribution in [2.75, 3.05) is 5.32 Å². The van der Waals surface area contributed by atoms with E-state index in [-0.39, 0.29) is 0 Å². The number of anilines is 1. The second kappa shape index (κ2) is 4.71. The predicted octanol–water partition coefficient (Wildman–Crippen LogP) is 3.35. The molecule has 0 radical (unpaired) electrons. The van der Waals surface area contributed by atoms with Gasteiger partial charge in [0.1, 0.15) is 0 Å². The van der Waals surface area contributed by atoms with Gasteiger partial charge in [0.15, 0.2) is 0 Å². The number of imidazole rings is 1. The summed E-state index contributed by atoms with van der Waals surface area (Å²) in [6, 6.07) is 0.664. The molecular formula is C14H23N3. The SMILES string of the molecule is Cc1cn(CC2CCC2)c(NC2CCCC2)n1. The monoisotopic (exact) mass is 233 g/mol. The number of hydrogen-bond acceptors (Lipinski definition) is 2. The molecule has 1 heterocycles. The van der Waals surface area contributed by atoms with Crippen LogP contribution >= 0.6 is 0 Å². The molecule has 2 aliphatic carbocycles. The van der Waals surface area contributed by atoms with Gasteiger partial charge in [-0.25, -0.2) is 4.98 Å². The first-order chi connectivity index (χ1) is 8.31. The Morgan fingerprint density at radius 3 is 2.65 bits per heavy atom. The number of nitrogens with one attached hydrogen (secondary N) is 1. The van der Waals surface area contributed by atoms with Gasteiger partial charge < -0.3 is 9.88 Å². The number of aromatic nitrogens is 2. The molecule has 94 valence electrons. The summed E-state index contributed by atoms with van der Waals surface area (Å²) in [5, 5.41) is 3.64. The minimum Gasteiger partial charge on any atom is -0.353 e. The van der Waals surface area contributed by atoms with Gasteiger partial charge in [0.05, 0.1) is 5.69 Å². The Morgan fingerprint density at radius 2 is 2.00 bits per heavy atom. The highest BCUT2D eigenvalue weighted by Crippen LogP contribution is 2.29. The Hall–Kier alpha value is -0.990. The summed E-state index contributed by atoms with van der Waals surface area (Å²) in [6.45, 7) is 3.26. The van der Waals surface area contributed by atoms with Crippen molar-refractivity contribution in [2.45, 2.75) is 64.5 Å². The third-order valence-electron chi connectivity index (χ3n) is 4.27. The van der Waals surface area contributed by atoms with Crippen molar-refractivity contribution >= 4 is 5.95 Å². The molecule has 0 spiro atoms. The average Bonchev–Trinajstić information content (AvgIpc) is 2.83. The lowest BCUT2D eigenvalue weighted by Crippen LogP contribution is -2.22. The molecule has 3 rings (SSSR count). The Labute approximate surface area is 104 Å². The van der Waals surface area contributed by atoms with Crippen LogP contribution in [0.1, 0.15) is 50.6 Å². The van der Waals surface area contributed by atoms with Gasteiger partial charge in [-0.1, -0.05) is 19.3 Å². The lowest BCUT2D eigenvalue weighted by atomic mass is 9.85. The van der Waals surface area contributed by atoms with Crippen molar-refractivity contribution < 1.29 is 0 Å². The van der Waals surface area contributed by atoms with E-state index in [0.29, 0.717) is 6.04 Å². The van der Waals surface area contributed by atoms with Crippen LogP contribution in [0.15, 0.2) is 6.20 Å². The van der Waals surface area contributed by atoms with Crippen LogP contribution in [0, 0.1) is 12.8 Å². The highest BCUT2D eigenvalue weighted by molar-refractivity contribution is 5.30. The van der Waals surface area contributed by atoms with Gasteiger partial charge >= 0.3 is 0 Å². The lowest BCUT2D eigenvalue weighted by molar-refractivity contribution is 0.277. The fourth-order valence-corrected chi connectivity index (χ4v) is 3.01. The molecular weight excluding hydrogens is 210 g/mol. The van der Waals surface area contributed by atoms with Crippen LogP contribution < -0.4 is 5.32 Å². The van der Waals surface area contributed by atoms with Crippen LogP contribution in [0.2, 0.25) is 0 Å². The Kier molecular flexibility index (Phi) is 3.08. The Morgan fingerprint density at radius 1 is 1.24 bits per heavy atom. The zero-order chi connectivity index (χ0) is 11.7. The molecule has 2 saturated carbocycles. The molecule has 17 heavy (non-hydrogen) atoms. The lowest BCUT2D eigenvalue weighted by Gasteiger charge is -2.26. The third-order valence-corrected chi connectivity index (χ3v) is 4.27. The van der Waals surface area contributed by atoms with Crippen LogP contribution in [0.25, 0.3) is 0 Å². The number of hydrogen-bond donors (Lipinski definition) is 1. The highest BCUT2D eigenvalue weighted by atomic mass is 15.2. The van der Waals surface area contributed by atoms with E-state index in [1.807, 2.05) is 0 Å². The standard InChI is InChI=1S/C14H23N3/c1-11-9-17(10-12-5-4-6-12)14(15-11)16-13-7-2-3-8-13/h9,12-13H,2-8,10H2,1H3,(H,15,16). The zero-order valence-corrected chi connectivity index (χ0v) is 10.8. The van der Waals surface area contributed by atoms with Gasteiger partial charge in [-0.3, -0.25) is 0 Å². The third kappa shape index (κ3) is 2.48. The summed E-state index contributed by atoms with van der Waals surface area (Å²) in [6.07, 6.45) is 11.8. The van der Waals surface area contributed by atoms with Gasteiger partial charge in [-0.2, -0.15) is 0 Å². The van der Waals surface area contributed by atoms with E-state index in [4.69, 9.17) is 0 Å². The van der Waals surface area contributed by atoms with E-state index >= 15 is 0 Å². The van der Waals surface area contributed by atoms with Crippen molar-refractivity contribution in [3.05, 3.63) is 11.9 Å². The van der Waals surface area contributed by atoms with E-state index < -0.39 is 0 Å². The summed E-state index contributed by atoms with van der Waals surface area (Å²) >= 11 is 0. The van der Waals surface area contributed by atoms with E-state index in [1.54, 1.807) is 0 Å². The van der Waals surface area contributed by atoms with Gasteiger partial charge in [0.25, 0.3) is 0 Å². The largest absolute Gasteiger partial charge is 0.353 e. The topological polar surface area (TPSA) is 29.9 Å². The molecule has 0 bridgehead atoms. The maximum Gasteiger partial charge on any atom is 0.203 e. The van der Waals surface area contributed by atoms with Gasteiger partial charge in [-0.15, -0.1) is 0 Å². The van der Waals surface area contributed by atoms with Crippen molar-refractivity contribution in [1.82, 2.24) is 9.55 Å². The molecule has 0 atom stereocenters. The molecule has 0 amide bonds. The van der Waals surface area contributed by atoms with Crippen molar-refractivity contribution in [2.24, 2.45) is 5.92 Å². The van der Waals surface area contributed by atoms with Gasteiger partial charge in [-0.05, 0) is 38.5 Å². The number of nitrogens with zero attached hydrogens (tertiary/aromatic N) is 2. The molecule has 3 heteroatoms. The summed E-state index contributed by atoms with van der Waals surface area (Å²) < 4.78 is 2.34. The maximum atomic E-state index is 4.64. The van der Waals surface area contributed by atoms with E-state index in [2.05, 4.69) is 28.0 Å². The number of rotatable bonds is 4. The van der Waals surface area contributed by atoms with Crippen LogP contribution in [0.4, 0.5) is 5.95 Å². The summed E-state index contributed by atoms with van der Waals surface area (Å²) in [5.41, 5.74) is 1.14. The van der Waals surface area contributed by atoms with E-state index in [1.165, 1.54) is 44.9 Å². The molecule has 0 aromatic carbocycles. The quantitative estimate of drug-likeness (QED) is 0.864. The Balaban J connectivity index is 1.68. The van der Waals surface area contributed by atoms with Crippen LogP contribution in [0.5, 0.6) is 0 Å². The van der Waals surface area contributed by atoms with E-state index in [9.17, 15) is 0 Å². The second-order valence-corrected chi connectivity index (χ2v) is 5.78. The molecule has 1 aromatic heterocycles. The maximum absolute atomic E-state index is 4.64. The molecule has 0 unspecified atom stereocenters. The van der Waals surface area contributed by atoms with Crippen LogP contribution in [-0.4, -0.2) is 15.6 Å². The molecule has 0 aliphatic heterocycles. The van der Waals surface area contributed by atoms with Crippen molar-refractivity contribution in [3.63, 3.8) is 0 Å². The van der Waals surface area contributed by atoms with Crippen LogP contribution in [-0.2, 0) is 6.54 Å². The molecule has 2 fully saturated rings. The van der Waals surface area contributed by atoms with Crippen LogP contribution in [0.3, 0.4) is 0 Å². The van der Waals surface area contributed by atoms with Gasteiger partial charge in [0, 0.05) is 18.8 Å². The first-order valence-electron chi connectivity index (χ1n) is 7.11.